The first-order chi connectivity index (χ1) is 23.0. The van der Waals surface area contributed by atoms with Gasteiger partial charge in [-0.1, -0.05) is 18.2 Å². The summed E-state index contributed by atoms with van der Waals surface area (Å²) in [5, 5.41) is 0. The molecule has 0 amide bonds. The second-order valence-electron chi connectivity index (χ2n) is 12.2. The summed E-state index contributed by atoms with van der Waals surface area (Å²) in [4.78, 5) is 19.4. The van der Waals surface area contributed by atoms with Gasteiger partial charge >= 0.3 is 24.5 Å². The highest BCUT2D eigenvalue weighted by molar-refractivity contribution is 5.69. The van der Waals surface area contributed by atoms with Crippen molar-refractivity contribution in [3.63, 3.8) is 0 Å². The van der Waals surface area contributed by atoms with Gasteiger partial charge in [-0.3, -0.25) is 4.79 Å². The number of hydrogen-bond acceptors (Lipinski definition) is 5. The van der Waals surface area contributed by atoms with Gasteiger partial charge in [0.1, 0.15) is 5.82 Å². The number of esters is 1. The van der Waals surface area contributed by atoms with Crippen LogP contribution in [0.3, 0.4) is 0 Å². The number of nitrogens with zero attached hydrogens (tertiary/aromatic N) is 3. The molecule has 0 N–H and O–H groups in total. The zero-order valence-corrected chi connectivity index (χ0v) is 27.1. The van der Waals surface area contributed by atoms with Crippen molar-refractivity contribution in [1.82, 2.24) is 4.98 Å². The second-order valence-corrected chi connectivity index (χ2v) is 12.2. The van der Waals surface area contributed by atoms with Gasteiger partial charge in [0.05, 0.1) is 23.3 Å². The summed E-state index contributed by atoms with van der Waals surface area (Å²) in [5.74, 6) is 0.331. The average Bonchev–Trinajstić information content (AvgIpc) is 3.03. The number of anilines is 2. The normalized spacial score (nSPS) is 17.1. The van der Waals surface area contributed by atoms with E-state index in [-0.39, 0.29) is 47.4 Å². The van der Waals surface area contributed by atoms with Crippen molar-refractivity contribution < 1.29 is 49.0 Å². The number of rotatable bonds is 12. The number of carbonyl (C=O) groups excluding carboxylic acids is 1. The fraction of sp³-hybridized carbons (Fsp3) is 0.486. The number of para-hydroxylation sites is 1. The molecule has 1 aromatic heterocycles. The number of aromatic nitrogens is 1. The van der Waals surface area contributed by atoms with Gasteiger partial charge in [-0.05, 0) is 93.3 Å². The van der Waals surface area contributed by atoms with E-state index in [1.54, 1.807) is 37.3 Å². The molecular weight excluding hydrogens is 665 g/mol. The standard InChI is InChI=1S/C35H38F9N3O2/c1-3-46(20-24-12-10-23(11-13-24)16-31(48)49-4-2)32-26(17-29(19-45-32)35(42,43)44)22-47(30-8-6-5-7-9-30)21-25-14-27(33(36,37)38)18-28(15-25)34(39,40)41/h5-9,14-15,17-19,23-24H,3-4,10-13,16,20-22H2,1-2H3. The third-order valence-electron chi connectivity index (χ3n) is 8.66. The molecule has 1 heterocycles. The topological polar surface area (TPSA) is 45.7 Å². The Balaban J connectivity index is 1.68. The van der Waals surface area contributed by atoms with Crippen LogP contribution in [0.1, 0.15) is 73.8 Å². The minimum atomic E-state index is -5.06. The molecule has 0 saturated heterocycles. The van der Waals surface area contributed by atoms with Crippen molar-refractivity contribution in [2.45, 2.75) is 77.6 Å². The Labute approximate surface area is 279 Å². The molecule has 0 unspecified atom stereocenters. The lowest BCUT2D eigenvalue weighted by Gasteiger charge is -2.34. The van der Waals surface area contributed by atoms with Crippen LogP contribution in [0, 0.1) is 11.8 Å². The quantitative estimate of drug-likeness (QED) is 0.139. The van der Waals surface area contributed by atoms with E-state index in [0.717, 1.165) is 37.9 Å². The van der Waals surface area contributed by atoms with Crippen LogP contribution in [0.4, 0.5) is 51.0 Å². The average molecular weight is 704 g/mol. The van der Waals surface area contributed by atoms with E-state index >= 15 is 0 Å². The number of benzene rings is 2. The van der Waals surface area contributed by atoms with Crippen LogP contribution in [-0.4, -0.2) is 30.6 Å². The first kappa shape index (κ1) is 37.8. The van der Waals surface area contributed by atoms with Crippen molar-refractivity contribution in [3.8, 4) is 0 Å². The molecule has 14 heteroatoms. The molecule has 49 heavy (non-hydrogen) atoms. The van der Waals surface area contributed by atoms with E-state index in [0.29, 0.717) is 43.9 Å². The van der Waals surface area contributed by atoms with Crippen molar-refractivity contribution >= 4 is 17.5 Å². The van der Waals surface area contributed by atoms with Crippen LogP contribution in [0.25, 0.3) is 0 Å². The van der Waals surface area contributed by atoms with Crippen LogP contribution in [0.15, 0.2) is 60.8 Å². The minimum absolute atomic E-state index is 0.0363. The lowest BCUT2D eigenvalue weighted by molar-refractivity contribution is -0.145. The van der Waals surface area contributed by atoms with Gasteiger partial charge in [0.25, 0.3) is 0 Å². The number of pyridine rings is 1. The molecule has 1 aliphatic carbocycles. The Morgan fingerprint density at radius 2 is 1.33 bits per heavy atom. The maximum atomic E-state index is 13.9. The lowest BCUT2D eigenvalue weighted by atomic mass is 9.80. The molecular formula is C35H38F9N3O2. The Bertz CT molecular complexity index is 1500. The van der Waals surface area contributed by atoms with E-state index in [1.165, 1.54) is 4.90 Å². The summed E-state index contributed by atoms with van der Waals surface area (Å²) in [5.41, 5.74) is -3.84. The van der Waals surface area contributed by atoms with E-state index < -0.39 is 41.8 Å². The second kappa shape index (κ2) is 15.7. The van der Waals surface area contributed by atoms with E-state index in [2.05, 4.69) is 4.98 Å². The fourth-order valence-electron chi connectivity index (χ4n) is 6.22. The Morgan fingerprint density at radius 3 is 1.86 bits per heavy atom. The summed E-state index contributed by atoms with van der Waals surface area (Å²) in [6.07, 6.45) is -10.7. The van der Waals surface area contributed by atoms with Crippen molar-refractivity contribution in [2.75, 3.05) is 29.5 Å². The van der Waals surface area contributed by atoms with Gasteiger partial charge in [-0.2, -0.15) is 39.5 Å². The minimum Gasteiger partial charge on any atom is -0.466 e. The van der Waals surface area contributed by atoms with Crippen molar-refractivity contribution in [2.24, 2.45) is 11.8 Å². The molecule has 1 fully saturated rings. The van der Waals surface area contributed by atoms with Gasteiger partial charge in [-0.15, -0.1) is 0 Å². The number of alkyl halides is 9. The van der Waals surface area contributed by atoms with Crippen LogP contribution in [0.2, 0.25) is 0 Å². The molecule has 0 aliphatic heterocycles. The first-order valence-corrected chi connectivity index (χ1v) is 16.0. The monoisotopic (exact) mass is 703 g/mol. The zero-order valence-electron chi connectivity index (χ0n) is 27.1. The molecule has 3 aromatic rings. The Morgan fingerprint density at radius 1 is 0.755 bits per heavy atom. The Hall–Kier alpha value is -3.97. The number of ether oxygens (including phenoxy) is 1. The van der Waals surface area contributed by atoms with Gasteiger partial charge in [-0.25, -0.2) is 4.98 Å². The largest absolute Gasteiger partial charge is 0.466 e. The molecule has 0 bridgehead atoms. The predicted octanol–water partition coefficient (Wildman–Crippen LogP) is 9.93. The maximum Gasteiger partial charge on any atom is 0.417 e. The van der Waals surface area contributed by atoms with E-state index in [4.69, 9.17) is 4.74 Å². The highest BCUT2D eigenvalue weighted by atomic mass is 19.4. The number of carbonyl (C=O) groups is 1. The third kappa shape index (κ3) is 10.5. The third-order valence-corrected chi connectivity index (χ3v) is 8.66. The van der Waals surface area contributed by atoms with Crippen LogP contribution < -0.4 is 9.80 Å². The molecule has 0 atom stereocenters. The zero-order chi connectivity index (χ0) is 36.0. The smallest absolute Gasteiger partial charge is 0.417 e. The highest BCUT2D eigenvalue weighted by Crippen LogP contribution is 2.38. The van der Waals surface area contributed by atoms with E-state index in [9.17, 15) is 44.3 Å². The summed E-state index contributed by atoms with van der Waals surface area (Å²) >= 11 is 0. The summed E-state index contributed by atoms with van der Waals surface area (Å²) in [7, 11) is 0. The summed E-state index contributed by atoms with van der Waals surface area (Å²) in [6.45, 7) is 3.94. The van der Waals surface area contributed by atoms with Gasteiger partial charge in [0, 0.05) is 50.0 Å². The molecule has 4 rings (SSSR count). The van der Waals surface area contributed by atoms with Crippen molar-refractivity contribution in [1.29, 1.82) is 0 Å². The van der Waals surface area contributed by atoms with Gasteiger partial charge in [0.15, 0.2) is 0 Å². The van der Waals surface area contributed by atoms with Gasteiger partial charge < -0.3 is 14.5 Å². The molecule has 2 aromatic carbocycles. The Kier molecular flexibility index (Phi) is 12.1. The fourth-order valence-corrected chi connectivity index (χ4v) is 6.22. The number of halogens is 9. The predicted molar refractivity (Wildman–Crippen MR) is 167 cm³/mol. The lowest BCUT2D eigenvalue weighted by Crippen LogP contribution is -2.34. The maximum absolute atomic E-state index is 13.9. The SMILES string of the molecule is CCOC(=O)CC1CCC(CN(CC)c2ncc(C(F)(F)F)cc2CN(Cc2cc(C(F)(F)F)cc(C(F)(F)F)c2)c2ccccc2)CC1. The molecule has 1 saturated carbocycles. The molecule has 0 spiro atoms. The molecule has 5 nitrogen and oxygen atoms in total. The first-order valence-electron chi connectivity index (χ1n) is 16.0. The summed E-state index contributed by atoms with van der Waals surface area (Å²) in [6, 6.07) is 10.2. The number of hydrogen-bond donors (Lipinski definition) is 0. The highest BCUT2D eigenvalue weighted by Gasteiger charge is 2.37. The van der Waals surface area contributed by atoms with Crippen LogP contribution in [0.5, 0.6) is 0 Å². The van der Waals surface area contributed by atoms with Crippen molar-refractivity contribution in [3.05, 3.63) is 88.6 Å². The molecule has 0 radical (unpaired) electrons. The van der Waals surface area contributed by atoms with Gasteiger partial charge in [0.2, 0.25) is 0 Å². The van der Waals surface area contributed by atoms with Crippen LogP contribution >= 0.6 is 0 Å². The van der Waals surface area contributed by atoms with E-state index in [1.807, 2.05) is 11.8 Å². The molecule has 268 valence electrons. The van der Waals surface area contributed by atoms with Crippen LogP contribution in [-0.2, 0) is 41.1 Å². The summed E-state index contributed by atoms with van der Waals surface area (Å²) < 4.78 is 129. The molecule has 1 aliphatic rings.